The molecule has 0 aliphatic rings. The van der Waals surface area contributed by atoms with Gasteiger partial charge in [-0.15, -0.1) is 0 Å². The first-order valence-electron chi connectivity index (χ1n) is 11.4. The van der Waals surface area contributed by atoms with Crippen LogP contribution in [-0.2, 0) is 20.2 Å². The summed E-state index contributed by atoms with van der Waals surface area (Å²) in [5.41, 5.74) is 0.349. The molecule has 0 aliphatic heterocycles. The van der Waals surface area contributed by atoms with Crippen LogP contribution in [0.1, 0.15) is 11.1 Å². The number of nitrogens with one attached hydrogen (secondary N) is 4. The molecule has 16 nitrogen and oxygen atoms in total. The fourth-order valence-electron chi connectivity index (χ4n) is 3.42. The highest BCUT2D eigenvalue weighted by Gasteiger charge is 2.18. The lowest BCUT2D eigenvalue weighted by atomic mass is 10.1. The molecule has 2 aromatic carbocycles. The number of nitrogens with zero attached hydrogens (tertiary/aromatic N) is 6. The summed E-state index contributed by atoms with van der Waals surface area (Å²) < 4.78 is 68.5. The smallest absolute Gasteiger partial charge is 0.295 e. The molecule has 0 spiro atoms. The van der Waals surface area contributed by atoms with E-state index in [1.54, 1.807) is 14.1 Å². The number of anilines is 6. The van der Waals surface area contributed by atoms with Crippen molar-refractivity contribution in [3.05, 3.63) is 58.1 Å². The van der Waals surface area contributed by atoms with Gasteiger partial charge in [0.05, 0.1) is 0 Å². The fraction of sp³-hybridized carbons (Fsp3) is 0.0909. The van der Waals surface area contributed by atoms with Crippen molar-refractivity contribution in [2.45, 2.75) is 9.79 Å². The van der Waals surface area contributed by atoms with E-state index in [2.05, 4.69) is 51.2 Å². The second-order valence-electron chi connectivity index (χ2n) is 8.04. The van der Waals surface area contributed by atoms with Crippen LogP contribution in [0.25, 0.3) is 12.2 Å². The third-order valence-electron chi connectivity index (χ3n) is 5.20. The van der Waals surface area contributed by atoms with Gasteiger partial charge in [-0.2, -0.15) is 46.7 Å². The van der Waals surface area contributed by atoms with Gasteiger partial charge in [0.15, 0.2) is 0 Å². The minimum absolute atomic E-state index is 0.00274. The number of aromatic nitrogens is 6. The normalized spacial score (nSPS) is 11.9. The number of benzene rings is 2. The highest BCUT2D eigenvalue weighted by atomic mass is 35.5. The standard InChI is InChI=1S/C22H20Cl2N10O6S2/c1-25-19-29-17(23)31-21(33-19)27-13-7-5-11(15(9-13)41(35,36)37)3-4-12-6-8-14(10-16(12)42(38,39)40)28-22-32-18(24)30-20(26-2)34-22/h3-10H,1-2H3,(H,35,36,37)(H,38,39,40)(H2,25,27,29,31,33)(H2,26,28,30,32,34). The summed E-state index contributed by atoms with van der Waals surface area (Å²) in [4.78, 5) is 22.6. The Morgan fingerprint density at radius 1 is 0.619 bits per heavy atom. The number of hydrogen-bond donors (Lipinski definition) is 6. The van der Waals surface area contributed by atoms with Crippen molar-refractivity contribution in [3.8, 4) is 0 Å². The summed E-state index contributed by atoms with van der Waals surface area (Å²) >= 11 is 11.7. The average Bonchev–Trinajstić information content (AvgIpc) is 2.91. The monoisotopic (exact) mass is 654 g/mol. The van der Waals surface area contributed by atoms with Gasteiger partial charge in [-0.3, -0.25) is 9.11 Å². The van der Waals surface area contributed by atoms with Crippen molar-refractivity contribution in [1.82, 2.24) is 29.9 Å². The van der Waals surface area contributed by atoms with E-state index in [-0.39, 0.29) is 56.9 Å². The van der Waals surface area contributed by atoms with Gasteiger partial charge in [-0.1, -0.05) is 24.3 Å². The van der Waals surface area contributed by atoms with Crippen LogP contribution in [0.4, 0.5) is 35.2 Å². The van der Waals surface area contributed by atoms with Crippen LogP contribution < -0.4 is 21.3 Å². The zero-order valence-corrected chi connectivity index (χ0v) is 24.5. The van der Waals surface area contributed by atoms with Crippen molar-refractivity contribution in [2.24, 2.45) is 0 Å². The molecule has 4 aromatic rings. The maximum absolute atomic E-state index is 12.2. The van der Waals surface area contributed by atoms with Crippen LogP contribution in [-0.4, -0.2) is 69.9 Å². The Hall–Kier alpha value is -4.20. The lowest BCUT2D eigenvalue weighted by molar-refractivity contribution is 0.480. The molecule has 0 aliphatic carbocycles. The summed E-state index contributed by atoms with van der Waals surface area (Å²) in [6, 6.07) is 7.83. The lowest BCUT2D eigenvalue weighted by Gasteiger charge is -2.11. The Labute approximate surface area is 249 Å². The third-order valence-corrected chi connectivity index (χ3v) is 7.36. The van der Waals surface area contributed by atoms with Crippen LogP contribution in [0.15, 0.2) is 46.2 Å². The largest absolute Gasteiger partial charge is 0.357 e. The van der Waals surface area contributed by atoms with Crippen LogP contribution in [0.3, 0.4) is 0 Å². The summed E-state index contributed by atoms with van der Waals surface area (Å²) in [7, 11) is -6.39. The molecule has 20 heteroatoms. The summed E-state index contributed by atoms with van der Waals surface area (Å²) in [5.74, 6) is 0.305. The number of hydrogen-bond acceptors (Lipinski definition) is 14. The lowest BCUT2D eigenvalue weighted by Crippen LogP contribution is -2.06. The van der Waals surface area contributed by atoms with E-state index in [9.17, 15) is 25.9 Å². The number of halogens is 2. The first-order valence-corrected chi connectivity index (χ1v) is 15.0. The highest BCUT2D eigenvalue weighted by molar-refractivity contribution is 7.86. The van der Waals surface area contributed by atoms with Gasteiger partial charge >= 0.3 is 0 Å². The molecule has 0 radical (unpaired) electrons. The molecule has 0 bridgehead atoms. The van der Waals surface area contributed by atoms with Crippen LogP contribution >= 0.6 is 23.2 Å². The molecular weight excluding hydrogens is 635 g/mol. The summed E-state index contributed by atoms with van der Waals surface area (Å²) in [6.45, 7) is 0. The molecule has 0 amide bonds. The molecule has 220 valence electrons. The van der Waals surface area contributed by atoms with Crippen molar-refractivity contribution in [2.75, 3.05) is 35.4 Å². The minimum atomic E-state index is -4.76. The van der Waals surface area contributed by atoms with Crippen LogP contribution in [0.2, 0.25) is 10.6 Å². The topological polar surface area (TPSA) is 234 Å². The second kappa shape index (κ2) is 12.3. The Morgan fingerprint density at radius 2 is 0.976 bits per heavy atom. The fourth-order valence-corrected chi connectivity index (χ4v) is 5.16. The van der Waals surface area contributed by atoms with E-state index < -0.39 is 30.0 Å². The Morgan fingerprint density at radius 3 is 1.31 bits per heavy atom. The number of rotatable bonds is 10. The van der Waals surface area contributed by atoms with E-state index in [1.807, 2.05) is 0 Å². The maximum Gasteiger partial charge on any atom is 0.295 e. The molecule has 0 saturated carbocycles. The Kier molecular flexibility index (Phi) is 9.04. The molecular formula is C22H20Cl2N10O6S2. The zero-order valence-electron chi connectivity index (χ0n) is 21.4. The second-order valence-corrected chi connectivity index (χ2v) is 11.5. The van der Waals surface area contributed by atoms with E-state index in [0.29, 0.717) is 0 Å². The van der Waals surface area contributed by atoms with Gasteiger partial charge < -0.3 is 21.3 Å². The van der Waals surface area contributed by atoms with Crippen molar-refractivity contribution in [1.29, 1.82) is 0 Å². The molecule has 2 aromatic heterocycles. The molecule has 4 rings (SSSR count). The van der Waals surface area contributed by atoms with Crippen molar-refractivity contribution >= 4 is 90.8 Å². The van der Waals surface area contributed by atoms with Crippen molar-refractivity contribution < 1.29 is 25.9 Å². The van der Waals surface area contributed by atoms with E-state index in [0.717, 1.165) is 12.1 Å². The quantitative estimate of drug-likeness (QED) is 0.106. The minimum Gasteiger partial charge on any atom is -0.357 e. The first-order chi connectivity index (χ1) is 19.7. The molecule has 0 fully saturated rings. The van der Waals surface area contributed by atoms with Gasteiger partial charge in [0.2, 0.25) is 34.4 Å². The third kappa shape index (κ3) is 7.75. The predicted octanol–water partition coefficient (Wildman–Crippen LogP) is 3.60. The van der Waals surface area contributed by atoms with E-state index in [1.165, 1.54) is 36.4 Å². The Balaban J connectivity index is 1.68. The molecule has 42 heavy (non-hydrogen) atoms. The first kappa shape index (κ1) is 30.8. The van der Waals surface area contributed by atoms with Gasteiger partial charge in [-0.05, 0) is 58.6 Å². The van der Waals surface area contributed by atoms with Gasteiger partial charge in [0, 0.05) is 25.5 Å². The van der Waals surface area contributed by atoms with Gasteiger partial charge in [0.25, 0.3) is 20.2 Å². The van der Waals surface area contributed by atoms with Gasteiger partial charge in [0.1, 0.15) is 9.79 Å². The van der Waals surface area contributed by atoms with Crippen molar-refractivity contribution in [3.63, 3.8) is 0 Å². The molecule has 0 unspecified atom stereocenters. The summed E-state index contributed by atoms with van der Waals surface area (Å²) in [5, 5.41) is 10.7. The average molecular weight is 656 g/mol. The molecule has 0 atom stereocenters. The SMILES string of the molecule is CNc1nc(Cl)nc(Nc2ccc(C=Cc3ccc(Nc4nc(Cl)nc(NC)n4)cc3S(=O)(=O)O)c(S(=O)(=O)O)c2)n1. The van der Waals surface area contributed by atoms with E-state index in [4.69, 9.17) is 23.2 Å². The van der Waals surface area contributed by atoms with Gasteiger partial charge in [-0.25, -0.2) is 0 Å². The zero-order chi connectivity index (χ0) is 30.7. The maximum atomic E-state index is 12.2. The predicted molar refractivity (Wildman–Crippen MR) is 157 cm³/mol. The highest BCUT2D eigenvalue weighted by Crippen LogP contribution is 2.28. The van der Waals surface area contributed by atoms with Crippen LogP contribution in [0, 0.1) is 0 Å². The Bertz CT molecular complexity index is 1770. The molecule has 2 heterocycles. The molecule has 0 saturated heterocycles. The summed E-state index contributed by atoms with van der Waals surface area (Å²) in [6.07, 6.45) is 2.49. The molecule has 6 N–H and O–H groups in total. The van der Waals surface area contributed by atoms with Crippen LogP contribution in [0.5, 0.6) is 0 Å². The van der Waals surface area contributed by atoms with E-state index >= 15 is 0 Å².